The van der Waals surface area contributed by atoms with E-state index < -0.39 is 11.8 Å². The summed E-state index contributed by atoms with van der Waals surface area (Å²) >= 11 is 0. The van der Waals surface area contributed by atoms with Crippen molar-refractivity contribution in [3.63, 3.8) is 0 Å². The summed E-state index contributed by atoms with van der Waals surface area (Å²) in [6.45, 7) is 2.01. The smallest absolute Gasteiger partial charge is 0.311 e. The molecule has 1 aromatic rings. The average molecular weight is 306 g/mol. The number of methoxy groups -OCH3 is 1. The van der Waals surface area contributed by atoms with Gasteiger partial charge in [0.25, 0.3) is 0 Å². The van der Waals surface area contributed by atoms with Crippen molar-refractivity contribution >= 4 is 11.8 Å². The highest BCUT2D eigenvalue weighted by Crippen LogP contribution is 2.33. The number of ether oxygens (including phenoxy) is 2. The highest BCUT2D eigenvalue weighted by atomic mass is 16.5. The van der Waals surface area contributed by atoms with Gasteiger partial charge < -0.3 is 20.1 Å². The number of nitrogens with zero attached hydrogens (tertiary/aromatic N) is 1. The lowest BCUT2D eigenvalue weighted by atomic mass is 9.95. The SMILES string of the molecule is COCCOC(c1ccccc1)C1CCN(C(=O)C(N)=O)C1. The van der Waals surface area contributed by atoms with Gasteiger partial charge in [-0.05, 0) is 12.0 Å². The zero-order chi connectivity index (χ0) is 15.9. The molecule has 0 aliphatic carbocycles. The first-order chi connectivity index (χ1) is 10.6. The quantitative estimate of drug-likeness (QED) is 0.620. The maximum absolute atomic E-state index is 11.7. The van der Waals surface area contributed by atoms with E-state index in [1.165, 1.54) is 4.90 Å². The van der Waals surface area contributed by atoms with Gasteiger partial charge >= 0.3 is 11.8 Å². The second kappa shape index (κ2) is 7.91. The predicted molar refractivity (Wildman–Crippen MR) is 80.9 cm³/mol. The van der Waals surface area contributed by atoms with Crippen LogP contribution < -0.4 is 5.73 Å². The summed E-state index contributed by atoms with van der Waals surface area (Å²) in [5.41, 5.74) is 6.14. The Bertz CT molecular complexity index is 506. The Hall–Kier alpha value is -1.92. The molecule has 1 fully saturated rings. The Kier molecular flexibility index (Phi) is 5.91. The standard InChI is InChI=1S/C16H22N2O4/c1-21-9-10-22-14(12-5-3-2-4-6-12)13-7-8-18(11-13)16(20)15(17)19/h2-6,13-14H,7-11H2,1H3,(H2,17,19). The van der Waals surface area contributed by atoms with Gasteiger partial charge in [-0.1, -0.05) is 30.3 Å². The lowest BCUT2D eigenvalue weighted by molar-refractivity contribution is -0.143. The van der Waals surface area contributed by atoms with Crippen molar-refractivity contribution < 1.29 is 19.1 Å². The Labute approximate surface area is 130 Å². The van der Waals surface area contributed by atoms with E-state index in [4.69, 9.17) is 15.2 Å². The molecular weight excluding hydrogens is 284 g/mol. The van der Waals surface area contributed by atoms with Crippen LogP contribution in [0.25, 0.3) is 0 Å². The maximum Gasteiger partial charge on any atom is 0.311 e. The fourth-order valence-corrected chi connectivity index (χ4v) is 2.78. The molecule has 2 N–H and O–H groups in total. The number of benzene rings is 1. The number of hydrogen-bond acceptors (Lipinski definition) is 4. The molecule has 0 bridgehead atoms. The molecule has 22 heavy (non-hydrogen) atoms. The van der Waals surface area contributed by atoms with Crippen molar-refractivity contribution in [2.24, 2.45) is 11.7 Å². The van der Waals surface area contributed by atoms with Crippen molar-refractivity contribution in [3.05, 3.63) is 35.9 Å². The number of hydrogen-bond donors (Lipinski definition) is 1. The molecule has 1 aliphatic rings. The van der Waals surface area contributed by atoms with Gasteiger partial charge in [0.2, 0.25) is 0 Å². The molecule has 2 rings (SSSR count). The third kappa shape index (κ3) is 4.05. The molecule has 1 heterocycles. The first-order valence-corrected chi connectivity index (χ1v) is 7.37. The molecular formula is C16H22N2O4. The van der Waals surface area contributed by atoms with E-state index in [1.807, 2.05) is 30.3 Å². The molecule has 1 aromatic carbocycles. The fraction of sp³-hybridized carbons (Fsp3) is 0.500. The van der Waals surface area contributed by atoms with Crippen LogP contribution in [-0.2, 0) is 19.1 Å². The zero-order valence-electron chi connectivity index (χ0n) is 12.7. The number of nitrogens with two attached hydrogens (primary N) is 1. The molecule has 0 radical (unpaired) electrons. The van der Waals surface area contributed by atoms with E-state index in [0.717, 1.165) is 12.0 Å². The summed E-state index contributed by atoms with van der Waals surface area (Å²) in [4.78, 5) is 24.2. The molecule has 2 unspecified atom stereocenters. The number of carbonyl (C=O) groups excluding carboxylic acids is 2. The summed E-state index contributed by atoms with van der Waals surface area (Å²) in [7, 11) is 1.63. The number of amides is 2. The monoisotopic (exact) mass is 306 g/mol. The van der Waals surface area contributed by atoms with Gasteiger partial charge in [0.05, 0.1) is 19.3 Å². The van der Waals surface area contributed by atoms with Gasteiger partial charge in [-0.2, -0.15) is 0 Å². The van der Waals surface area contributed by atoms with E-state index in [2.05, 4.69) is 0 Å². The van der Waals surface area contributed by atoms with E-state index in [0.29, 0.717) is 26.3 Å². The number of carbonyl (C=O) groups is 2. The molecule has 1 aliphatic heterocycles. The molecule has 0 spiro atoms. The van der Waals surface area contributed by atoms with Crippen LogP contribution in [0.5, 0.6) is 0 Å². The molecule has 0 saturated carbocycles. The lowest BCUT2D eigenvalue weighted by Crippen LogP contribution is -2.39. The van der Waals surface area contributed by atoms with Crippen molar-refractivity contribution in [3.8, 4) is 0 Å². The average Bonchev–Trinajstić information content (AvgIpc) is 3.01. The van der Waals surface area contributed by atoms with Crippen molar-refractivity contribution in [1.82, 2.24) is 4.90 Å². The summed E-state index contributed by atoms with van der Waals surface area (Å²) < 4.78 is 11.0. The highest BCUT2D eigenvalue weighted by molar-refractivity contribution is 6.34. The van der Waals surface area contributed by atoms with Gasteiger partial charge in [0, 0.05) is 26.1 Å². The normalized spacial score (nSPS) is 19.1. The molecule has 6 heteroatoms. The van der Waals surface area contributed by atoms with Crippen LogP contribution in [0.3, 0.4) is 0 Å². The minimum absolute atomic E-state index is 0.123. The van der Waals surface area contributed by atoms with Gasteiger partial charge in [-0.3, -0.25) is 9.59 Å². The fourth-order valence-electron chi connectivity index (χ4n) is 2.78. The van der Waals surface area contributed by atoms with Crippen LogP contribution in [-0.4, -0.2) is 50.1 Å². The van der Waals surface area contributed by atoms with E-state index in [1.54, 1.807) is 7.11 Å². The topological polar surface area (TPSA) is 81.9 Å². The Morgan fingerprint density at radius 2 is 2.05 bits per heavy atom. The van der Waals surface area contributed by atoms with Crippen LogP contribution in [0.15, 0.2) is 30.3 Å². The third-order valence-corrected chi connectivity index (χ3v) is 3.86. The van der Waals surface area contributed by atoms with Crippen LogP contribution in [0.2, 0.25) is 0 Å². The minimum Gasteiger partial charge on any atom is -0.382 e. The number of rotatable bonds is 6. The molecule has 1 saturated heterocycles. The number of likely N-dealkylation sites (tertiary alicyclic amines) is 1. The van der Waals surface area contributed by atoms with Crippen molar-refractivity contribution in [2.45, 2.75) is 12.5 Å². The number of primary amides is 1. The van der Waals surface area contributed by atoms with E-state index in [-0.39, 0.29) is 12.0 Å². The first kappa shape index (κ1) is 16.5. The largest absolute Gasteiger partial charge is 0.382 e. The van der Waals surface area contributed by atoms with E-state index in [9.17, 15) is 9.59 Å². The predicted octanol–water partition coefficient (Wildman–Crippen LogP) is 0.725. The summed E-state index contributed by atoms with van der Waals surface area (Å²) in [5, 5.41) is 0. The Balaban J connectivity index is 2.06. The second-order valence-corrected chi connectivity index (χ2v) is 5.36. The summed E-state index contributed by atoms with van der Waals surface area (Å²) in [6, 6.07) is 9.89. The first-order valence-electron chi connectivity index (χ1n) is 7.37. The van der Waals surface area contributed by atoms with Crippen molar-refractivity contribution in [1.29, 1.82) is 0 Å². The summed E-state index contributed by atoms with van der Waals surface area (Å²) in [6.07, 6.45) is 0.660. The Morgan fingerprint density at radius 1 is 1.32 bits per heavy atom. The van der Waals surface area contributed by atoms with Gasteiger partial charge in [-0.15, -0.1) is 0 Å². The lowest BCUT2D eigenvalue weighted by Gasteiger charge is -2.24. The van der Waals surface area contributed by atoms with Gasteiger partial charge in [0.15, 0.2) is 0 Å². The molecule has 2 amide bonds. The zero-order valence-corrected chi connectivity index (χ0v) is 12.7. The second-order valence-electron chi connectivity index (χ2n) is 5.36. The van der Waals surface area contributed by atoms with Crippen LogP contribution in [0.4, 0.5) is 0 Å². The molecule has 120 valence electrons. The van der Waals surface area contributed by atoms with Crippen LogP contribution in [0.1, 0.15) is 18.1 Å². The molecule has 2 atom stereocenters. The summed E-state index contributed by atoms with van der Waals surface area (Å²) in [5.74, 6) is -1.38. The molecule has 6 nitrogen and oxygen atoms in total. The maximum atomic E-state index is 11.7. The van der Waals surface area contributed by atoms with Gasteiger partial charge in [-0.25, -0.2) is 0 Å². The third-order valence-electron chi connectivity index (χ3n) is 3.86. The van der Waals surface area contributed by atoms with Crippen LogP contribution in [0, 0.1) is 5.92 Å². The van der Waals surface area contributed by atoms with Gasteiger partial charge in [0.1, 0.15) is 0 Å². The van der Waals surface area contributed by atoms with Crippen LogP contribution >= 0.6 is 0 Å². The van der Waals surface area contributed by atoms with E-state index >= 15 is 0 Å². The van der Waals surface area contributed by atoms with Crippen molar-refractivity contribution in [2.75, 3.05) is 33.4 Å². The molecule has 0 aromatic heterocycles. The Morgan fingerprint density at radius 3 is 2.68 bits per heavy atom. The minimum atomic E-state index is -0.905. The highest BCUT2D eigenvalue weighted by Gasteiger charge is 2.34.